The molecule has 0 aliphatic heterocycles. The molecular formula is C15H25N. The summed E-state index contributed by atoms with van der Waals surface area (Å²) in [6, 6.07) is 9.55. The van der Waals surface area contributed by atoms with Crippen molar-refractivity contribution in [1.82, 2.24) is 5.32 Å². The van der Waals surface area contributed by atoms with Gasteiger partial charge in [-0.3, -0.25) is 0 Å². The van der Waals surface area contributed by atoms with Crippen molar-refractivity contribution in [2.24, 2.45) is 5.92 Å². The molecule has 1 N–H and O–H groups in total. The van der Waals surface area contributed by atoms with E-state index in [0.29, 0.717) is 6.04 Å². The van der Waals surface area contributed by atoms with E-state index < -0.39 is 0 Å². The van der Waals surface area contributed by atoms with Gasteiger partial charge in [-0.25, -0.2) is 0 Å². The molecule has 90 valence electrons. The molecule has 0 spiro atoms. The molecule has 2 unspecified atom stereocenters. The zero-order chi connectivity index (χ0) is 12.0. The van der Waals surface area contributed by atoms with Crippen LogP contribution in [0.5, 0.6) is 0 Å². The molecule has 1 aromatic carbocycles. The Morgan fingerprint density at radius 1 is 1.12 bits per heavy atom. The van der Waals surface area contributed by atoms with Gasteiger partial charge < -0.3 is 5.32 Å². The minimum absolute atomic E-state index is 0.608. The molecule has 0 fully saturated rings. The van der Waals surface area contributed by atoms with E-state index in [1.165, 1.54) is 24.0 Å². The van der Waals surface area contributed by atoms with Gasteiger partial charge >= 0.3 is 0 Å². The number of nitrogens with one attached hydrogen (secondary N) is 1. The summed E-state index contributed by atoms with van der Waals surface area (Å²) in [5, 5.41) is 3.53. The van der Waals surface area contributed by atoms with Gasteiger partial charge in [-0.15, -0.1) is 0 Å². The van der Waals surface area contributed by atoms with Gasteiger partial charge in [0.2, 0.25) is 0 Å². The fourth-order valence-electron chi connectivity index (χ4n) is 2.19. The van der Waals surface area contributed by atoms with Crippen LogP contribution in [0.1, 0.15) is 38.3 Å². The number of rotatable bonds is 6. The molecular weight excluding hydrogens is 194 g/mol. The van der Waals surface area contributed by atoms with E-state index in [2.05, 4.69) is 57.3 Å². The van der Waals surface area contributed by atoms with Gasteiger partial charge in [0, 0.05) is 6.04 Å². The second-order valence-corrected chi connectivity index (χ2v) is 4.70. The third-order valence-electron chi connectivity index (χ3n) is 3.38. The SMILES string of the molecule is CCNC(C)C(CC)Cc1ccc(C)cc1. The first kappa shape index (κ1) is 13.2. The molecule has 0 saturated carbocycles. The Morgan fingerprint density at radius 2 is 1.75 bits per heavy atom. The summed E-state index contributed by atoms with van der Waals surface area (Å²) >= 11 is 0. The average molecular weight is 219 g/mol. The fourth-order valence-corrected chi connectivity index (χ4v) is 2.19. The number of hydrogen-bond acceptors (Lipinski definition) is 1. The highest BCUT2D eigenvalue weighted by atomic mass is 14.9. The standard InChI is InChI=1S/C15H25N/c1-5-15(13(4)16-6-2)11-14-9-7-12(3)8-10-14/h7-10,13,15-16H,5-6,11H2,1-4H3. The third kappa shape index (κ3) is 3.97. The molecule has 0 bridgehead atoms. The van der Waals surface area contributed by atoms with Crippen LogP contribution in [0.2, 0.25) is 0 Å². The van der Waals surface area contributed by atoms with E-state index in [-0.39, 0.29) is 0 Å². The van der Waals surface area contributed by atoms with Crippen molar-refractivity contribution < 1.29 is 0 Å². The smallest absolute Gasteiger partial charge is 0.00699 e. The van der Waals surface area contributed by atoms with E-state index in [4.69, 9.17) is 0 Å². The first-order chi connectivity index (χ1) is 7.67. The highest BCUT2D eigenvalue weighted by Gasteiger charge is 2.14. The Hall–Kier alpha value is -0.820. The molecule has 0 saturated heterocycles. The summed E-state index contributed by atoms with van der Waals surface area (Å²) in [5.74, 6) is 0.739. The van der Waals surface area contributed by atoms with Gasteiger partial charge in [-0.05, 0) is 38.3 Å². The molecule has 1 heteroatoms. The number of hydrogen-bond donors (Lipinski definition) is 1. The lowest BCUT2D eigenvalue weighted by Gasteiger charge is -2.23. The highest BCUT2D eigenvalue weighted by Crippen LogP contribution is 2.16. The van der Waals surface area contributed by atoms with Crippen LogP contribution in [-0.2, 0) is 6.42 Å². The molecule has 0 heterocycles. The summed E-state index contributed by atoms with van der Waals surface area (Å²) in [6.07, 6.45) is 2.42. The highest BCUT2D eigenvalue weighted by molar-refractivity contribution is 5.21. The minimum atomic E-state index is 0.608. The summed E-state index contributed by atoms with van der Waals surface area (Å²) in [5.41, 5.74) is 2.80. The molecule has 0 amide bonds. The van der Waals surface area contributed by atoms with Crippen LogP contribution in [0.3, 0.4) is 0 Å². The predicted molar refractivity (Wildman–Crippen MR) is 71.8 cm³/mol. The lowest BCUT2D eigenvalue weighted by Crippen LogP contribution is -2.34. The van der Waals surface area contributed by atoms with Crippen LogP contribution in [-0.4, -0.2) is 12.6 Å². The van der Waals surface area contributed by atoms with Crippen LogP contribution in [0.4, 0.5) is 0 Å². The Labute approximate surface area is 100 Å². The van der Waals surface area contributed by atoms with Gasteiger partial charge in [0.25, 0.3) is 0 Å². The van der Waals surface area contributed by atoms with Crippen molar-refractivity contribution in [2.45, 2.75) is 46.6 Å². The van der Waals surface area contributed by atoms with Gasteiger partial charge in [-0.2, -0.15) is 0 Å². The topological polar surface area (TPSA) is 12.0 Å². The number of aryl methyl sites for hydroxylation is 1. The Bertz CT molecular complexity index is 289. The Morgan fingerprint density at radius 3 is 2.25 bits per heavy atom. The van der Waals surface area contributed by atoms with Gasteiger partial charge in [-0.1, -0.05) is 50.1 Å². The molecule has 16 heavy (non-hydrogen) atoms. The van der Waals surface area contributed by atoms with E-state index >= 15 is 0 Å². The van der Waals surface area contributed by atoms with Gasteiger partial charge in [0.05, 0.1) is 0 Å². The van der Waals surface area contributed by atoms with Crippen LogP contribution in [0.15, 0.2) is 24.3 Å². The summed E-state index contributed by atoms with van der Waals surface area (Å²) < 4.78 is 0. The first-order valence-electron chi connectivity index (χ1n) is 6.46. The molecule has 0 aliphatic rings. The zero-order valence-corrected chi connectivity index (χ0v) is 11.1. The Balaban J connectivity index is 2.59. The quantitative estimate of drug-likeness (QED) is 0.771. The normalized spacial score (nSPS) is 14.8. The molecule has 1 nitrogen and oxygen atoms in total. The lowest BCUT2D eigenvalue weighted by atomic mass is 9.90. The Kier molecular flexibility index (Phi) is 5.54. The van der Waals surface area contributed by atoms with Crippen LogP contribution in [0, 0.1) is 12.8 Å². The largest absolute Gasteiger partial charge is 0.314 e. The van der Waals surface area contributed by atoms with Crippen LogP contribution in [0.25, 0.3) is 0 Å². The molecule has 2 atom stereocenters. The van der Waals surface area contributed by atoms with Crippen molar-refractivity contribution in [3.05, 3.63) is 35.4 Å². The van der Waals surface area contributed by atoms with Crippen molar-refractivity contribution in [3.63, 3.8) is 0 Å². The summed E-state index contributed by atoms with van der Waals surface area (Å²) in [6.45, 7) is 9.96. The third-order valence-corrected chi connectivity index (χ3v) is 3.38. The maximum Gasteiger partial charge on any atom is 0.00699 e. The second-order valence-electron chi connectivity index (χ2n) is 4.70. The fraction of sp³-hybridized carbons (Fsp3) is 0.600. The monoisotopic (exact) mass is 219 g/mol. The molecule has 0 aliphatic carbocycles. The average Bonchev–Trinajstić information content (AvgIpc) is 2.28. The number of benzene rings is 1. The van der Waals surface area contributed by atoms with Crippen molar-refractivity contribution in [2.75, 3.05) is 6.54 Å². The first-order valence-corrected chi connectivity index (χ1v) is 6.46. The van der Waals surface area contributed by atoms with Crippen LogP contribution < -0.4 is 5.32 Å². The van der Waals surface area contributed by atoms with E-state index in [1.54, 1.807) is 0 Å². The zero-order valence-electron chi connectivity index (χ0n) is 11.1. The van der Waals surface area contributed by atoms with Crippen molar-refractivity contribution in [1.29, 1.82) is 0 Å². The molecule has 1 aromatic rings. The summed E-state index contributed by atoms with van der Waals surface area (Å²) in [4.78, 5) is 0. The van der Waals surface area contributed by atoms with Gasteiger partial charge in [0.1, 0.15) is 0 Å². The molecule has 1 rings (SSSR count). The maximum absolute atomic E-state index is 3.53. The van der Waals surface area contributed by atoms with E-state index in [1.807, 2.05) is 0 Å². The van der Waals surface area contributed by atoms with E-state index in [9.17, 15) is 0 Å². The summed E-state index contributed by atoms with van der Waals surface area (Å²) in [7, 11) is 0. The van der Waals surface area contributed by atoms with E-state index in [0.717, 1.165) is 12.5 Å². The minimum Gasteiger partial charge on any atom is -0.314 e. The van der Waals surface area contributed by atoms with Crippen molar-refractivity contribution in [3.8, 4) is 0 Å². The molecule has 0 radical (unpaired) electrons. The molecule has 0 aromatic heterocycles. The lowest BCUT2D eigenvalue weighted by molar-refractivity contribution is 0.368. The van der Waals surface area contributed by atoms with Gasteiger partial charge in [0.15, 0.2) is 0 Å². The van der Waals surface area contributed by atoms with Crippen LogP contribution >= 0.6 is 0 Å². The maximum atomic E-state index is 3.53. The second kappa shape index (κ2) is 6.70. The predicted octanol–water partition coefficient (Wildman–Crippen LogP) is 3.56. The van der Waals surface area contributed by atoms with Crippen molar-refractivity contribution >= 4 is 0 Å².